The molecule has 0 aliphatic carbocycles. The zero-order chi connectivity index (χ0) is 17.6. The summed E-state index contributed by atoms with van der Waals surface area (Å²) in [5, 5.41) is 10.7. The van der Waals surface area contributed by atoms with Crippen LogP contribution in [0.5, 0.6) is 11.5 Å². The standard InChI is InChI=1S/C22H22O3/c1-16-8-6-7-11-19(16)22(23)18-12-13-20(21(14-18)24-2)25-15-17-9-4-3-5-10-17/h3-14,22-23H,15H2,1-2H3. The van der Waals surface area contributed by atoms with Gasteiger partial charge in [0.15, 0.2) is 11.5 Å². The molecule has 0 aliphatic heterocycles. The molecule has 0 radical (unpaired) electrons. The molecule has 0 heterocycles. The number of benzene rings is 3. The average molecular weight is 334 g/mol. The molecule has 3 aromatic rings. The number of ether oxygens (including phenoxy) is 2. The Hall–Kier alpha value is -2.78. The van der Waals surface area contributed by atoms with Gasteiger partial charge >= 0.3 is 0 Å². The van der Waals surface area contributed by atoms with E-state index < -0.39 is 6.10 Å². The van der Waals surface area contributed by atoms with Gasteiger partial charge in [-0.2, -0.15) is 0 Å². The smallest absolute Gasteiger partial charge is 0.161 e. The van der Waals surface area contributed by atoms with E-state index in [-0.39, 0.29) is 0 Å². The lowest BCUT2D eigenvalue weighted by atomic mass is 9.97. The van der Waals surface area contributed by atoms with Gasteiger partial charge in [0.1, 0.15) is 12.7 Å². The van der Waals surface area contributed by atoms with Crippen molar-refractivity contribution in [3.05, 3.63) is 95.1 Å². The first kappa shape index (κ1) is 17.1. The summed E-state index contributed by atoms with van der Waals surface area (Å²) in [6.45, 7) is 2.46. The molecule has 0 saturated heterocycles. The average Bonchev–Trinajstić information content (AvgIpc) is 2.67. The van der Waals surface area contributed by atoms with Crippen LogP contribution in [-0.2, 0) is 6.61 Å². The SMILES string of the molecule is COc1cc(C(O)c2ccccc2C)ccc1OCc1ccccc1. The summed E-state index contributed by atoms with van der Waals surface area (Å²) in [7, 11) is 1.61. The van der Waals surface area contributed by atoms with Gasteiger partial charge in [0.2, 0.25) is 0 Å². The van der Waals surface area contributed by atoms with Crippen LogP contribution in [0.1, 0.15) is 28.4 Å². The number of aliphatic hydroxyl groups excluding tert-OH is 1. The molecule has 0 saturated carbocycles. The van der Waals surface area contributed by atoms with Crippen LogP contribution in [0, 0.1) is 6.92 Å². The summed E-state index contributed by atoms with van der Waals surface area (Å²) >= 11 is 0. The van der Waals surface area contributed by atoms with E-state index >= 15 is 0 Å². The fourth-order valence-electron chi connectivity index (χ4n) is 2.78. The summed E-state index contributed by atoms with van der Waals surface area (Å²) < 4.78 is 11.3. The summed E-state index contributed by atoms with van der Waals surface area (Å²) in [4.78, 5) is 0. The lowest BCUT2D eigenvalue weighted by Crippen LogP contribution is -2.03. The number of methoxy groups -OCH3 is 1. The Morgan fingerprint density at radius 2 is 1.60 bits per heavy atom. The second-order valence-electron chi connectivity index (χ2n) is 5.94. The van der Waals surface area contributed by atoms with Crippen molar-refractivity contribution in [2.24, 2.45) is 0 Å². The van der Waals surface area contributed by atoms with Gasteiger partial charge in [0, 0.05) is 0 Å². The predicted octanol–water partition coefficient (Wildman–Crippen LogP) is 4.66. The summed E-state index contributed by atoms with van der Waals surface area (Å²) in [5.41, 5.74) is 3.81. The van der Waals surface area contributed by atoms with Crippen LogP contribution >= 0.6 is 0 Å². The fraction of sp³-hybridized carbons (Fsp3) is 0.182. The largest absolute Gasteiger partial charge is 0.493 e. The first-order chi connectivity index (χ1) is 12.2. The van der Waals surface area contributed by atoms with E-state index in [1.54, 1.807) is 7.11 Å². The third kappa shape index (κ3) is 4.01. The van der Waals surface area contributed by atoms with Crippen molar-refractivity contribution in [2.75, 3.05) is 7.11 Å². The van der Waals surface area contributed by atoms with E-state index in [0.717, 1.165) is 22.3 Å². The van der Waals surface area contributed by atoms with Gasteiger partial charge in [0.25, 0.3) is 0 Å². The molecule has 0 aromatic heterocycles. The van der Waals surface area contributed by atoms with E-state index in [1.165, 1.54) is 0 Å². The third-order valence-electron chi connectivity index (χ3n) is 4.22. The van der Waals surface area contributed by atoms with Gasteiger partial charge in [-0.1, -0.05) is 60.7 Å². The molecule has 3 aromatic carbocycles. The quantitative estimate of drug-likeness (QED) is 0.712. The van der Waals surface area contributed by atoms with Crippen molar-refractivity contribution >= 4 is 0 Å². The molecule has 3 heteroatoms. The van der Waals surface area contributed by atoms with E-state index in [1.807, 2.05) is 79.7 Å². The molecule has 25 heavy (non-hydrogen) atoms. The van der Waals surface area contributed by atoms with Crippen LogP contribution in [0.2, 0.25) is 0 Å². The monoisotopic (exact) mass is 334 g/mol. The second kappa shape index (κ2) is 7.86. The Labute approximate surface area is 148 Å². The molecule has 0 bridgehead atoms. The minimum absolute atomic E-state index is 0.469. The Morgan fingerprint density at radius 1 is 0.880 bits per heavy atom. The maximum atomic E-state index is 10.7. The highest BCUT2D eigenvalue weighted by Gasteiger charge is 2.15. The van der Waals surface area contributed by atoms with E-state index in [2.05, 4.69) is 0 Å². The molecule has 0 amide bonds. The maximum absolute atomic E-state index is 10.7. The second-order valence-corrected chi connectivity index (χ2v) is 5.94. The van der Waals surface area contributed by atoms with Crippen molar-refractivity contribution in [2.45, 2.75) is 19.6 Å². The molecule has 1 N–H and O–H groups in total. The number of hydrogen-bond donors (Lipinski definition) is 1. The number of aliphatic hydroxyl groups is 1. The van der Waals surface area contributed by atoms with E-state index in [4.69, 9.17) is 9.47 Å². The van der Waals surface area contributed by atoms with Gasteiger partial charge in [-0.15, -0.1) is 0 Å². The first-order valence-corrected chi connectivity index (χ1v) is 8.27. The summed E-state index contributed by atoms with van der Waals surface area (Å²) in [6.07, 6.45) is -0.696. The lowest BCUT2D eigenvalue weighted by molar-refractivity contribution is 0.218. The van der Waals surface area contributed by atoms with Crippen molar-refractivity contribution in [1.29, 1.82) is 0 Å². The molecule has 128 valence electrons. The van der Waals surface area contributed by atoms with Crippen molar-refractivity contribution in [3.8, 4) is 11.5 Å². The minimum atomic E-state index is -0.696. The van der Waals surface area contributed by atoms with Gasteiger partial charge < -0.3 is 14.6 Å². The highest BCUT2D eigenvalue weighted by Crippen LogP contribution is 2.33. The van der Waals surface area contributed by atoms with Gasteiger partial charge in [-0.05, 0) is 41.3 Å². The van der Waals surface area contributed by atoms with Crippen molar-refractivity contribution in [1.82, 2.24) is 0 Å². The Bertz CT molecular complexity index is 828. The van der Waals surface area contributed by atoms with Crippen LogP contribution in [0.3, 0.4) is 0 Å². The normalized spacial score (nSPS) is 11.8. The molecule has 0 aliphatic rings. The van der Waals surface area contributed by atoms with Gasteiger partial charge in [-0.25, -0.2) is 0 Å². The summed E-state index contributed by atoms with van der Waals surface area (Å²) in [5.74, 6) is 1.27. The molecule has 0 fully saturated rings. The van der Waals surface area contributed by atoms with Crippen LogP contribution in [0.4, 0.5) is 0 Å². The minimum Gasteiger partial charge on any atom is -0.493 e. The molecule has 3 nitrogen and oxygen atoms in total. The van der Waals surface area contributed by atoms with Gasteiger partial charge in [0.05, 0.1) is 7.11 Å². The number of rotatable bonds is 6. The number of hydrogen-bond acceptors (Lipinski definition) is 3. The third-order valence-corrected chi connectivity index (χ3v) is 4.22. The van der Waals surface area contributed by atoms with Crippen LogP contribution in [0.25, 0.3) is 0 Å². The van der Waals surface area contributed by atoms with Crippen molar-refractivity contribution in [3.63, 3.8) is 0 Å². The maximum Gasteiger partial charge on any atom is 0.161 e. The molecular weight excluding hydrogens is 312 g/mol. The topological polar surface area (TPSA) is 38.7 Å². The van der Waals surface area contributed by atoms with Crippen LogP contribution in [-0.4, -0.2) is 12.2 Å². The zero-order valence-corrected chi connectivity index (χ0v) is 14.5. The Morgan fingerprint density at radius 3 is 2.32 bits per heavy atom. The Balaban J connectivity index is 1.81. The van der Waals surface area contributed by atoms with Crippen molar-refractivity contribution < 1.29 is 14.6 Å². The first-order valence-electron chi connectivity index (χ1n) is 8.27. The molecule has 1 unspecified atom stereocenters. The highest BCUT2D eigenvalue weighted by atomic mass is 16.5. The molecular formula is C22H22O3. The summed E-state index contributed by atoms with van der Waals surface area (Å²) in [6, 6.07) is 23.4. The van der Waals surface area contributed by atoms with E-state index in [0.29, 0.717) is 18.1 Å². The Kier molecular flexibility index (Phi) is 5.36. The molecule has 1 atom stereocenters. The number of aryl methyl sites for hydroxylation is 1. The lowest BCUT2D eigenvalue weighted by Gasteiger charge is -2.17. The zero-order valence-electron chi connectivity index (χ0n) is 14.5. The fourth-order valence-corrected chi connectivity index (χ4v) is 2.78. The molecule has 0 spiro atoms. The predicted molar refractivity (Wildman–Crippen MR) is 99.0 cm³/mol. The van der Waals surface area contributed by atoms with E-state index in [9.17, 15) is 5.11 Å². The van der Waals surface area contributed by atoms with Gasteiger partial charge in [-0.3, -0.25) is 0 Å². The molecule has 3 rings (SSSR count). The highest BCUT2D eigenvalue weighted by molar-refractivity contribution is 5.46. The van der Waals surface area contributed by atoms with Crippen LogP contribution in [0.15, 0.2) is 72.8 Å². The van der Waals surface area contributed by atoms with Crippen LogP contribution < -0.4 is 9.47 Å².